The average molecular weight is 257 g/mol. The molecule has 0 aliphatic carbocycles. The number of rotatable bonds is 5. The van der Waals surface area contributed by atoms with Crippen molar-refractivity contribution in [2.45, 2.75) is 50.2 Å². The van der Waals surface area contributed by atoms with Gasteiger partial charge in [0, 0.05) is 39.6 Å². The van der Waals surface area contributed by atoms with Gasteiger partial charge in [-0.15, -0.1) is 0 Å². The van der Waals surface area contributed by atoms with Gasteiger partial charge in [0.15, 0.2) is 0 Å². The summed E-state index contributed by atoms with van der Waals surface area (Å²) in [5.41, 5.74) is 6.41. The van der Waals surface area contributed by atoms with Crippen LogP contribution < -0.4 is 5.73 Å². The summed E-state index contributed by atoms with van der Waals surface area (Å²) in [5.74, 6) is 0.605. The Morgan fingerprint density at radius 2 is 2.11 bits per heavy atom. The molecular weight excluding hydrogens is 230 g/mol. The molecule has 2 saturated heterocycles. The first-order valence-corrected chi connectivity index (χ1v) is 7.22. The van der Waals surface area contributed by atoms with Crippen molar-refractivity contribution in [3.63, 3.8) is 0 Å². The van der Waals surface area contributed by atoms with Crippen LogP contribution in [-0.4, -0.2) is 45.2 Å². The molecule has 2 atom stereocenters. The van der Waals surface area contributed by atoms with Crippen LogP contribution in [0.2, 0.25) is 0 Å². The Morgan fingerprint density at radius 1 is 1.33 bits per heavy atom. The maximum absolute atomic E-state index is 6.34. The zero-order valence-electron chi connectivity index (χ0n) is 11.5. The van der Waals surface area contributed by atoms with Crippen LogP contribution in [0.25, 0.3) is 0 Å². The van der Waals surface area contributed by atoms with Gasteiger partial charge >= 0.3 is 0 Å². The molecule has 0 amide bonds. The summed E-state index contributed by atoms with van der Waals surface area (Å²) < 4.78 is 16.6. The van der Waals surface area contributed by atoms with E-state index in [-0.39, 0.29) is 5.60 Å². The highest BCUT2D eigenvalue weighted by Gasteiger charge is 2.40. The lowest BCUT2D eigenvalue weighted by Crippen LogP contribution is -2.48. The van der Waals surface area contributed by atoms with E-state index in [1.165, 1.54) is 0 Å². The minimum absolute atomic E-state index is 0.0695. The van der Waals surface area contributed by atoms with Gasteiger partial charge in [-0.1, -0.05) is 0 Å². The molecule has 106 valence electrons. The molecule has 4 nitrogen and oxygen atoms in total. The Kier molecular flexibility index (Phi) is 5.42. The van der Waals surface area contributed by atoms with E-state index in [0.717, 1.165) is 65.0 Å². The van der Waals surface area contributed by atoms with E-state index in [2.05, 4.69) is 0 Å². The molecule has 4 heteroatoms. The largest absolute Gasteiger partial charge is 0.385 e. The van der Waals surface area contributed by atoms with Crippen molar-refractivity contribution in [3.8, 4) is 0 Å². The van der Waals surface area contributed by atoms with Crippen molar-refractivity contribution < 1.29 is 14.2 Å². The lowest BCUT2D eigenvalue weighted by Gasteiger charge is -2.44. The fourth-order valence-electron chi connectivity index (χ4n) is 3.22. The number of methoxy groups -OCH3 is 1. The lowest BCUT2D eigenvalue weighted by molar-refractivity contribution is -0.149. The van der Waals surface area contributed by atoms with E-state index in [0.29, 0.717) is 12.0 Å². The van der Waals surface area contributed by atoms with Crippen LogP contribution in [0.5, 0.6) is 0 Å². The second-order valence-electron chi connectivity index (χ2n) is 5.70. The molecule has 18 heavy (non-hydrogen) atoms. The van der Waals surface area contributed by atoms with Crippen LogP contribution in [0.15, 0.2) is 0 Å². The van der Waals surface area contributed by atoms with Gasteiger partial charge in [-0.25, -0.2) is 0 Å². The van der Waals surface area contributed by atoms with E-state index in [1.807, 2.05) is 0 Å². The molecule has 0 aromatic heterocycles. The zero-order valence-corrected chi connectivity index (χ0v) is 11.5. The van der Waals surface area contributed by atoms with E-state index in [9.17, 15) is 0 Å². The Labute approximate surface area is 110 Å². The second kappa shape index (κ2) is 6.85. The van der Waals surface area contributed by atoms with Crippen LogP contribution in [0, 0.1) is 5.92 Å². The molecule has 0 aromatic carbocycles. The Morgan fingerprint density at radius 3 is 2.83 bits per heavy atom. The Balaban J connectivity index is 1.81. The topological polar surface area (TPSA) is 53.7 Å². The van der Waals surface area contributed by atoms with Gasteiger partial charge in [0.05, 0.1) is 5.60 Å². The number of hydrogen-bond donors (Lipinski definition) is 1. The van der Waals surface area contributed by atoms with Crippen LogP contribution in [-0.2, 0) is 14.2 Å². The monoisotopic (exact) mass is 257 g/mol. The SMILES string of the molecule is COCCCC(N)C1CCOC2(CCOCC2)C1. The zero-order chi connectivity index (χ0) is 12.8. The van der Waals surface area contributed by atoms with Crippen molar-refractivity contribution in [3.05, 3.63) is 0 Å². The molecule has 2 heterocycles. The first-order valence-electron chi connectivity index (χ1n) is 7.22. The molecule has 2 N–H and O–H groups in total. The van der Waals surface area contributed by atoms with Gasteiger partial charge in [0.1, 0.15) is 0 Å². The maximum Gasteiger partial charge on any atom is 0.0729 e. The molecule has 2 unspecified atom stereocenters. The number of nitrogens with two attached hydrogens (primary N) is 1. The molecule has 2 aliphatic heterocycles. The highest BCUT2D eigenvalue weighted by molar-refractivity contribution is 4.91. The summed E-state index contributed by atoms with van der Waals surface area (Å²) in [4.78, 5) is 0. The molecule has 0 aromatic rings. The summed E-state index contributed by atoms with van der Waals surface area (Å²) in [5, 5.41) is 0. The van der Waals surface area contributed by atoms with E-state index in [4.69, 9.17) is 19.9 Å². The minimum Gasteiger partial charge on any atom is -0.385 e. The number of hydrogen-bond acceptors (Lipinski definition) is 4. The summed E-state index contributed by atoms with van der Waals surface area (Å²) in [6, 6.07) is 0.295. The Bertz CT molecular complexity index is 236. The van der Waals surface area contributed by atoms with Gasteiger partial charge in [-0.2, -0.15) is 0 Å². The van der Waals surface area contributed by atoms with Crippen LogP contribution >= 0.6 is 0 Å². The van der Waals surface area contributed by atoms with Gasteiger partial charge in [0.25, 0.3) is 0 Å². The predicted molar refractivity (Wildman–Crippen MR) is 70.5 cm³/mol. The number of ether oxygens (including phenoxy) is 3. The van der Waals surface area contributed by atoms with Gasteiger partial charge in [-0.3, -0.25) is 0 Å². The van der Waals surface area contributed by atoms with Gasteiger partial charge in [-0.05, 0) is 44.4 Å². The summed E-state index contributed by atoms with van der Waals surface area (Å²) in [7, 11) is 1.75. The highest BCUT2D eigenvalue weighted by atomic mass is 16.5. The van der Waals surface area contributed by atoms with Crippen molar-refractivity contribution in [1.82, 2.24) is 0 Å². The molecule has 2 fully saturated rings. The van der Waals surface area contributed by atoms with Crippen molar-refractivity contribution in [1.29, 1.82) is 0 Å². The maximum atomic E-state index is 6.34. The molecule has 0 bridgehead atoms. The van der Waals surface area contributed by atoms with E-state index < -0.39 is 0 Å². The Hall–Kier alpha value is -0.160. The van der Waals surface area contributed by atoms with Gasteiger partial charge < -0.3 is 19.9 Å². The molecule has 0 saturated carbocycles. The summed E-state index contributed by atoms with van der Waals surface area (Å²) in [6.45, 7) is 3.36. The van der Waals surface area contributed by atoms with Crippen LogP contribution in [0.1, 0.15) is 38.5 Å². The quantitative estimate of drug-likeness (QED) is 0.762. The van der Waals surface area contributed by atoms with Crippen LogP contribution in [0.3, 0.4) is 0 Å². The van der Waals surface area contributed by atoms with E-state index in [1.54, 1.807) is 7.11 Å². The normalized spacial score (nSPS) is 29.3. The molecule has 2 aliphatic rings. The fourth-order valence-corrected chi connectivity index (χ4v) is 3.22. The minimum atomic E-state index is 0.0695. The molecular formula is C14H27NO3. The van der Waals surface area contributed by atoms with Gasteiger partial charge in [0.2, 0.25) is 0 Å². The smallest absolute Gasteiger partial charge is 0.0729 e. The predicted octanol–water partition coefficient (Wildman–Crippen LogP) is 1.72. The summed E-state index contributed by atoms with van der Waals surface area (Å²) in [6.07, 6.45) is 6.42. The standard InChI is InChI=1S/C14H27NO3/c1-16-7-2-3-13(15)12-4-8-18-14(11-12)5-9-17-10-6-14/h12-13H,2-11,15H2,1H3. The molecule has 2 rings (SSSR count). The summed E-state index contributed by atoms with van der Waals surface area (Å²) >= 11 is 0. The first-order chi connectivity index (χ1) is 8.76. The molecule has 0 radical (unpaired) electrons. The van der Waals surface area contributed by atoms with Crippen molar-refractivity contribution >= 4 is 0 Å². The second-order valence-corrected chi connectivity index (χ2v) is 5.70. The lowest BCUT2D eigenvalue weighted by atomic mass is 9.77. The third-order valence-electron chi connectivity index (χ3n) is 4.43. The van der Waals surface area contributed by atoms with E-state index >= 15 is 0 Å². The first kappa shape index (κ1) is 14.3. The average Bonchev–Trinajstić information content (AvgIpc) is 2.40. The highest BCUT2D eigenvalue weighted by Crippen LogP contribution is 2.38. The fraction of sp³-hybridized carbons (Fsp3) is 1.00. The third kappa shape index (κ3) is 3.67. The van der Waals surface area contributed by atoms with Crippen molar-refractivity contribution in [2.75, 3.05) is 33.5 Å². The van der Waals surface area contributed by atoms with Crippen LogP contribution in [0.4, 0.5) is 0 Å². The third-order valence-corrected chi connectivity index (χ3v) is 4.43. The van der Waals surface area contributed by atoms with Crippen molar-refractivity contribution in [2.24, 2.45) is 11.7 Å². The molecule has 1 spiro atoms.